The Bertz CT molecular complexity index is 747. The number of hydrogen-bond acceptors (Lipinski definition) is 5. The third-order valence-corrected chi connectivity index (χ3v) is 6.11. The normalized spacial score (nSPS) is 18.7. The van der Waals surface area contributed by atoms with E-state index in [0.29, 0.717) is 6.92 Å². The molecule has 2 rings (SSSR count). The van der Waals surface area contributed by atoms with Gasteiger partial charge in [-0.1, -0.05) is 19.3 Å². The van der Waals surface area contributed by atoms with Crippen molar-refractivity contribution in [1.82, 2.24) is 9.71 Å². The molecule has 7 nitrogen and oxygen atoms in total. The van der Waals surface area contributed by atoms with Gasteiger partial charge in [0.15, 0.2) is 0 Å². The maximum absolute atomic E-state index is 12.5. The summed E-state index contributed by atoms with van der Waals surface area (Å²) < 4.78 is 63.1. The highest BCUT2D eigenvalue weighted by Gasteiger charge is 2.39. The number of carbonyl (C=O) groups excluding carboxylic acids is 1. The number of amides is 1. The van der Waals surface area contributed by atoms with Crippen LogP contribution in [0.5, 0.6) is 0 Å². The van der Waals surface area contributed by atoms with Gasteiger partial charge in [-0.05, 0) is 37.8 Å². The number of anilines is 1. The number of nitrogens with two attached hydrogens (primary N) is 1. The molecule has 0 aromatic carbocycles. The van der Waals surface area contributed by atoms with Crippen LogP contribution >= 0.6 is 0 Å². The van der Waals surface area contributed by atoms with Crippen LogP contribution < -0.4 is 15.8 Å². The molecule has 4 N–H and O–H groups in total. The Morgan fingerprint density at radius 2 is 1.89 bits per heavy atom. The van der Waals surface area contributed by atoms with E-state index < -0.39 is 39.1 Å². The number of pyridine rings is 1. The van der Waals surface area contributed by atoms with E-state index in [2.05, 4.69) is 10.3 Å². The van der Waals surface area contributed by atoms with Crippen LogP contribution in [0.4, 0.5) is 19.0 Å². The number of nitrogens with zero attached hydrogens (tertiary/aromatic N) is 1. The molecule has 1 heterocycles. The van der Waals surface area contributed by atoms with Gasteiger partial charge in [0.25, 0.3) is 0 Å². The first-order valence-corrected chi connectivity index (χ1v) is 10.1. The van der Waals surface area contributed by atoms with Crippen LogP contribution in [0.3, 0.4) is 0 Å². The first-order chi connectivity index (χ1) is 12.5. The molecule has 27 heavy (non-hydrogen) atoms. The molecule has 1 saturated carbocycles. The zero-order valence-corrected chi connectivity index (χ0v) is 15.6. The van der Waals surface area contributed by atoms with Crippen molar-refractivity contribution in [2.45, 2.75) is 62.2 Å². The molecular formula is C16H23F3N4O3S. The van der Waals surface area contributed by atoms with Crippen molar-refractivity contribution in [3.63, 3.8) is 0 Å². The lowest BCUT2D eigenvalue weighted by Gasteiger charge is -2.26. The molecule has 152 valence electrons. The maximum atomic E-state index is 12.5. The molecule has 11 heteroatoms. The second-order valence-corrected chi connectivity index (χ2v) is 8.39. The summed E-state index contributed by atoms with van der Waals surface area (Å²) in [5.74, 6) is -0.255. The Hall–Kier alpha value is -1.72. The number of nitrogens with one attached hydrogen (secondary N) is 2. The maximum Gasteiger partial charge on any atom is 0.404 e. The summed E-state index contributed by atoms with van der Waals surface area (Å²) in [6.07, 6.45) is 1.12. The second kappa shape index (κ2) is 8.53. The monoisotopic (exact) mass is 408 g/mol. The quantitative estimate of drug-likeness (QED) is 0.667. The van der Waals surface area contributed by atoms with Gasteiger partial charge >= 0.3 is 6.18 Å². The number of alkyl halides is 3. The fraction of sp³-hybridized carbons (Fsp3) is 0.625. The number of hydrogen-bond donors (Lipinski definition) is 3. The van der Waals surface area contributed by atoms with Crippen LogP contribution in [0.1, 0.15) is 39.0 Å². The molecule has 0 saturated heterocycles. The van der Waals surface area contributed by atoms with Crippen molar-refractivity contribution in [2.24, 2.45) is 11.7 Å². The molecule has 1 aromatic heterocycles. The van der Waals surface area contributed by atoms with Gasteiger partial charge in [-0.15, -0.1) is 0 Å². The average Bonchev–Trinajstić information content (AvgIpc) is 2.61. The molecular weight excluding hydrogens is 385 g/mol. The van der Waals surface area contributed by atoms with E-state index in [0.717, 1.165) is 44.4 Å². The summed E-state index contributed by atoms with van der Waals surface area (Å²) in [4.78, 5) is 15.6. The topological polar surface area (TPSA) is 114 Å². The van der Waals surface area contributed by atoms with Gasteiger partial charge in [-0.2, -0.15) is 17.9 Å². The van der Waals surface area contributed by atoms with Crippen molar-refractivity contribution in [3.8, 4) is 0 Å². The molecule has 1 aromatic rings. The fourth-order valence-electron chi connectivity index (χ4n) is 2.90. The highest BCUT2D eigenvalue weighted by molar-refractivity contribution is 7.89. The molecule has 1 amide bonds. The average molecular weight is 408 g/mol. The Labute approximate surface area is 156 Å². The van der Waals surface area contributed by atoms with Gasteiger partial charge in [0.05, 0.1) is 6.04 Å². The third-order valence-electron chi connectivity index (χ3n) is 4.58. The Balaban J connectivity index is 2.00. The molecule has 1 fully saturated rings. The number of sulfonamides is 1. The van der Waals surface area contributed by atoms with Gasteiger partial charge in [0.2, 0.25) is 15.9 Å². The zero-order chi connectivity index (χ0) is 20.2. The molecule has 0 aliphatic heterocycles. The summed E-state index contributed by atoms with van der Waals surface area (Å²) in [5, 5.41) is 2.51. The van der Waals surface area contributed by atoms with E-state index in [1.165, 1.54) is 10.8 Å². The van der Waals surface area contributed by atoms with E-state index >= 15 is 0 Å². The van der Waals surface area contributed by atoms with Crippen LogP contribution in [-0.4, -0.2) is 37.6 Å². The first-order valence-electron chi connectivity index (χ1n) is 8.62. The SMILES string of the molecule is C[C@H](NS(=O)(=O)c1ccc(NC(=O)[C@@H](N)C2CCCCC2)nc1)C(F)(F)F. The standard InChI is InChI=1S/C16H23F3N4O3S/c1-10(16(17,18)19)23-27(25,26)12-7-8-13(21-9-12)22-15(24)14(20)11-5-3-2-4-6-11/h7-11,14,23H,2-6,20H2,1H3,(H,21,22,24)/t10-,14-/m0/s1. The summed E-state index contributed by atoms with van der Waals surface area (Å²) in [6, 6.07) is -0.654. The van der Waals surface area contributed by atoms with Crippen LogP contribution in [0, 0.1) is 5.92 Å². The highest BCUT2D eigenvalue weighted by Crippen LogP contribution is 2.26. The van der Waals surface area contributed by atoms with Crippen LogP contribution in [0.25, 0.3) is 0 Å². The van der Waals surface area contributed by atoms with E-state index in [1.54, 1.807) is 0 Å². The predicted molar refractivity (Wildman–Crippen MR) is 93.3 cm³/mol. The van der Waals surface area contributed by atoms with Crippen molar-refractivity contribution in [1.29, 1.82) is 0 Å². The Morgan fingerprint density at radius 1 is 1.26 bits per heavy atom. The number of aromatic nitrogens is 1. The minimum Gasteiger partial charge on any atom is -0.320 e. The molecule has 0 unspecified atom stereocenters. The predicted octanol–water partition coefficient (Wildman–Crippen LogP) is 2.16. The van der Waals surface area contributed by atoms with Crippen molar-refractivity contribution >= 4 is 21.7 Å². The Morgan fingerprint density at radius 3 is 2.41 bits per heavy atom. The van der Waals surface area contributed by atoms with Crippen molar-refractivity contribution in [2.75, 3.05) is 5.32 Å². The molecule has 1 aliphatic carbocycles. The lowest BCUT2D eigenvalue weighted by molar-refractivity contribution is -0.147. The minimum atomic E-state index is -4.70. The molecule has 1 aliphatic rings. The lowest BCUT2D eigenvalue weighted by Crippen LogP contribution is -2.43. The minimum absolute atomic E-state index is 0.0779. The highest BCUT2D eigenvalue weighted by atomic mass is 32.2. The molecule has 2 atom stereocenters. The Kier molecular flexibility index (Phi) is 6.82. The fourth-order valence-corrected chi connectivity index (χ4v) is 4.07. The molecule has 0 bridgehead atoms. The smallest absolute Gasteiger partial charge is 0.320 e. The summed E-state index contributed by atoms with van der Waals surface area (Å²) in [5.41, 5.74) is 5.98. The lowest BCUT2D eigenvalue weighted by atomic mass is 9.84. The van der Waals surface area contributed by atoms with Crippen LogP contribution in [0.2, 0.25) is 0 Å². The van der Waals surface area contributed by atoms with Crippen LogP contribution in [0.15, 0.2) is 23.2 Å². The number of carbonyl (C=O) groups is 1. The van der Waals surface area contributed by atoms with Crippen LogP contribution in [-0.2, 0) is 14.8 Å². The van der Waals surface area contributed by atoms with E-state index in [1.807, 2.05) is 0 Å². The molecule has 0 radical (unpaired) electrons. The van der Waals surface area contributed by atoms with Crippen molar-refractivity contribution < 1.29 is 26.4 Å². The molecule has 0 spiro atoms. The zero-order valence-electron chi connectivity index (χ0n) is 14.8. The van der Waals surface area contributed by atoms with Crippen molar-refractivity contribution in [3.05, 3.63) is 18.3 Å². The van der Waals surface area contributed by atoms with Gasteiger partial charge < -0.3 is 11.1 Å². The number of halogens is 3. The summed E-state index contributed by atoms with van der Waals surface area (Å²) >= 11 is 0. The second-order valence-electron chi connectivity index (χ2n) is 6.68. The summed E-state index contributed by atoms with van der Waals surface area (Å²) in [6.45, 7) is 0.701. The largest absolute Gasteiger partial charge is 0.404 e. The third kappa shape index (κ3) is 5.88. The number of rotatable bonds is 6. The van der Waals surface area contributed by atoms with Gasteiger partial charge in [-0.3, -0.25) is 4.79 Å². The first kappa shape index (κ1) is 21.6. The van der Waals surface area contributed by atoms with E-state index in [4.69, 9.17) is 5.73 Å². The summed E-state index contributed by atoms with van der Waals surface area (Å²) in [7, 11) is -4.39. The van der Waals surface area contributed by atoms with Gasteiger partial charge in [-0.25, -0.2) is 13.4 Å². The van der Waals surface area contributed by atoms with E-state index in [9.17, 15) is 26.4 Å². The van der Waals surface area contributed by atoms with Gasteiger partial charge in [0, 0.05) is 6.20 Å². The van der Waals surface area contributed by atoms with Gasteiger partial charge in [0.1, 0.15) is 16.8 Å². The van der Waals surface area contributed by atoms with E-state index in [-0.39, 0.29) is 11.7 Å².